The van der Waals surface area contributed by atoms with Crippen molar-refractivity contribution in [3.63, 3.8) is 0 Å². The molecule has 0 aromatic rings. The first-order chi connectivity index (χ1) is 26.3. The number of hydrogen-bond acceptors (Lipinski definition) is 8. The van der Waals surface area contributed by atoms with Crippen molar-refractivity contribution in [2.45, 2.75) is 201 Å². The predicted molar refractivity (Wildman–Crippen MR) is 228 cm³/mol. The first kappa shape index (κ1) is 55.8. The van der Waals surface area contributed by atoms with Crippen LogP contribution in [0, 0.1) is 5.92 Å². The quantitative estimate of drug-likeness (QED) is 0.0206. The molecule has 10 nitrogen and oxygen atoms in total. The molecular weight excluding hydrogens is 717 g/mol. The van der Waals surface area contributed by atoms with Crippen LogP contribution in [0.2, 0.25) is 0 Å². The average molecular weight is 807 g/mol. The molecule has 0 amide bonds. The average Bonchev–Trinajstić information content (AvgIpc) is 3.11. The summed E-state index contributed by atoms with van der Waals surface area (Å²) in [6.45, 7) is 9.16. The third-order valence-electron chi connectivity index (χ3n) is 9.30. The van der Waals surface area contributed by atoms with Crippen LogP contribution < -0.4 is 0 Å². The van der Waals surface area contributed by atoms with Gasteiger partial charge in [-0.15, -0.1) is 0 Å². The Balaban J connectivity index is 0. The highest BCUT2D eigenvalue weighted by Crippen LogP contribution is 2.42. The number of esters is 2. The van der Waals surface area contributed by atoms with Gasteiger partial charge in [0.05, 0.1) is 34.4 Å². The first-order valence-electron chi connectivity index (χ1n) is 22.3. The highest BCUT2D eigenvalue weighted by molar-refractivity contribution is 7.47. The minimum atomic E-state index is -3.79. The lowest BCUT2D eigenvalue weighted by Crippen LogP contribution is -2.37. The fourth-order valence-electron chi connectivity index (χ4n) is 5.83. The number of rotatable bonds is 38. The van der Waals surface area contributed by atoms with E-state index in [1.807, 2.05) is 21.1 Å². The van der Waals surface area contributed by atoms with Gasteiger partial charge < -0.3 is 24.0 Å². The molecule has 0 saturated heterocycles. The predicted octanol–water partition coefficient (Wildman–Crippen LogP) is 11.7. The minimum absolute atomic E-state index is 0.0649. The van der Waals surface area contributed by atoms with Crippen molar-refractivity contribution in [1.82, 2.24) is 0 Å². The Morgan fingerprint density at radius 3 is 1.56 bits per heavy atom. The number of ether oxygens (including phenoxy) is 2. The van der Waals surface area contributed by atoms with E-state index in [0.29, 0.717) is 23.9 Å². The Kier molecular flexibility index (Phi) is 40.1. The number of nitrogens with zero attached hydrogens (tertiary/aromatic N) is 1. The van der Waals surface area contributed by atoms with Crippen LogP contribution in [0.25, 0.3) is 0 Å². The molecule has 0 spiro atoms. The molecule has 328 valence electrons. The molecule has 0 radical (unpaired) electrons. The molecule has 0 aromatic heterocycles. The molecule has 0 heterocycles. The van der Waals surface area contributed by atoms with E-state index in [2.05, 4.69) is 37.4 Å². The SMILES string of the molecule is CCCCCCCC/C=C\CCCCCCCC(=O)O[C@@H](CO)COC(=O)CCCCCCCCCCCCC(C)C.CCOP(=O)(O)OCC[N+](C)(C)C. The Hall–Kier alpha value is -1.29. The standard InChI is InChI=1S/C37H70O5.C7H18NO4P/c1-4-5-6-7-8-9-10-11-12-13-14-19-22-25-28-31-37(40)42-35(32-38)33-41-36(39)30-27-24-21-18-16-15-17-20-23-26-29-34(2)3;1-5-11-13(9,10)12-7-6-8(2,3)4/h11-12,34-35,38H,4-10,13-33H2,1-3H3;5-7H2,1-4H3/p+1/b12-11-;/t35-;/m0./s1. The zero-order valence-electron chi connectivity index (χ0n) is 36.9. The number of carbonyl (C=O) groups is 2. The first-order valence-corrected chi connectivity index (χ1v) is 23.8. The number of unbranched alkanes of at least 4 members (excludes halogenated alkanes) is 20. The fraction of sp³-hybridized carbons (Fsp3) is 0.909. The molecule has 0 aliphatic heterocycles. The number of allylic oxidation sites excluding steroid dienone is 2. The number of phosphoric acid groups is 1. The molecule has 0 bridgehead atoms. The second-order valence-electron chi connectivity index (χ2n) is 16.5. The summed E-state index contributed by atoms with van der Waals surface area (Å²) in [5.41, 5.74) is 0. The van der Waals surface area contributed by atoms with Crippen molar-refractivity contribution in [1.29, 1.82) is 0 Å². The Bertz CT molecular complexity index is 939. The number of carbonyl (C=O) groups excluding carboxylic acids is 2. The highest BCUT2D eigenvalue weighted by atomic mass is 31.2. The minimum Gasteiger partial charge on any atom is -0.462 e. The van der Waals surface area contributed by atoms with Crippen LogP contribution in [-0.2, 0) is 32.7 Å². The normalized spacial score (nSPS) is 13.4. The van der Waals surface area contributed by atoms with E-state index in [0.717, 1.165) is 50.9 Å². The van der Waals surface area contributed by atoms with E-state index in [1.54, 1.807) is 6.92 Å². The van der Waals surface area contributed by atoms with Crippen LogP contribution in [0.15, 0.2) is 12.2 Å². The van der Waals surface area contributed by atoms with Gasteiger partial charge in [0.1, 0.15) is 19.8 Å². The van der Waals surface area contributed by atoms with E-state index in [9.17, 15) is 19.3 Å². The lowest BCUT2D eigenvalue weighted by molar-refractivity contribution is -0.870. The molecule has 55 heavy (non-hydrogen) atoms. The smallest absolute Gasteiger partial charge is 0.462 e. The third-order valence-corrected chi connectivity index (χ3v) is 10.4. The van der Waals surface area contributed by atoms with Crippen molar-refractivity contribution in [2.24, 2.45) is 5.92 Å². The van der Waals surface area contributed by atoms with Crippen LogP contribution >= 0.6 is 7.82 Å². The lowest BCUT2D eigenvalue weighted by Gasteiger charge is -2.23. The zero-order valence-corrected chi connectivity index (χ0v) is 37.8. The largest absolute Gasteiger partial charge is 0.472 e. The summed E-state index contributed by atoms with van der Waals surface area (Å²) in [4.78, 5) is 33.2. The number of aliphatic hydroxyl groups excluding tert-OH is 1. The summed E-state index contributed by atoms with van der Waals surface area (Å²) in [5.74, 6) is 0.231. The van der Waals surface area contributed by atoms with Gasteiger partial charge in [0, 0.05) is 12.8 Å². The lowest BCUT2D eigenvalue weighted by atomic mass is 10.0. The summed E-state index contributed by atoms with van der Waals surface area (Å²) in [6.07, 6.45) is 34.1. The molecule has 0 rings (SSSR count). The number of aliphatic hydroxyl groups is 1. The maximum atomic E-state index is 12.1. The van der Waals surface area contributed by atoms with E-state index in [-0.39, 0.29) is 38.4 Å². The molecule has 2 N–H and O–H groups in total. The second kappa shape index (κ2) is 39.5. The zero-order chi connectivity index (χ0) is 41.5. The maximum absolute atomic E-state index is 12.1. The number of quaternary nitrogens is 1. The van der Waals surface area contributed by atoms with Gasteiger partial charge in [-0.25, -0.2) is 4.57 Å². The summed E-state index contributed by atoms with van der Waals surface area (Å²) >= 11 is 0. The maximum Gasteiger partial charge on any atom is 0.472 e. The second-order valence-corrected chi connectivity index (χ2v) is 18.0. The molecule has 0 aliphatic carbocycles. The van der Waals surface area contributed by atoms with Gasteiger partial charge in [-0.1, -0.05) is 148 Å². The Labute approximate surface area is 339 Å². The van der Waals surface area contributed by atoms with E-state index in [1.165, 1.54) is 109 Å². The summed E-state index contributed by atoms with van der Waals surface area (Å²) in [7, 11) is 2.15. The van der Waals surface area contributed by atoms with Gasteiger partial charge in [-0.2, -0.15) is 0 Å². The van der Waals surface area contributed by atoms with Gasteiger partial charge in [-0.3, -0.25) is 18.6 Å². The molecule has 1 unspecified atom stereocenters. The highest BCUT2D eigenvalue weighted by Gasteiger charge is 2.21. The molecular formula is C44H89NO9P+. The fourth-order valence-corrected chi connectivity index (χ4v) is 6.55. The monoisotopic (exact) mass is 807 g/mol. The molecule has 0 fully saturated rings. The topological polar surface area (TPSA) is 129 Å². The number of likely N-dealkylation sites (N-methyl/N-ethyl adjacent to an activating group) is 1. The molecule has 0 aromatic carbocycles. The molecule has 0 aliphatic rings. The molecule has 0 saturated carbocycles. The summed E-state index contributed by atoms with van der Waals surface area (Å²) in [5, 5.41) is 9.52. The Morgan fingerprint density at radius 2 is 1.11 bits per heavy atom. The van der Waals surface area contributed by atoms with E-state index in [4.69, 9.17) is 18.9 Å². The summed E-state index contributed by atoms with van der Waals surface area (Å²) < 4.78 is 31.5. The van der Waals surface area contributed by atoms with Crippen LogP contribution in [0.1, 0.15) is 195 Å². The molecule has 2 atom stereocenters. The van der Waals surface area contributed by atoms with Crippen LogP contribution in [0.5, 0.6) is 0 Å². The van der Waals surface area contributed by atoms with Crippen molar-refractivity contribution >= 4 is 19.8 Å². The number of hydrogen-bond donors (Lipinski definition) is 2. The van der Waals surface area contributed by atoms with Gasteiger partial charge in [-0.05, 0) is 51.4 Å². The summed E-state index contributed by atoms with van der Waals surface area (Å²) in [6, 6.07) is 0. The van der Waals surface area contributed by atoms with E-state index < -0.39 is 13.9 Å². The van der Waals surface area contributed by atoms with Crippen LogP contribution in [-0.4, -0.2) is 86.6 Å². The van der Waals surface area contributed by atoms with Crippen molar-refractivity contribution in [2.75, 3.05) is 54.1 Å². The Morgan fingerprint density at radius 1 is 0.655 bits per heavy atom. The van der Waals surface area contributed by atoms with Crippen LogP contribution in [0.3, 0.4) is 0 Å². The van der Waals surface area contributed by atoms with Gasteiger partial charge in [0.2, 0.25) is 0 Å². The van der Waals surface area contributed by atoms with Crippen molar-refractivity contribution in [3.05, 3.63) is 12.2 Å². The van der Waals surface area contributed by atoms with Gasteiger partial charge in [0.25, 0.3) is 0 Å². The number of phosphoric ester groups is 1. The third kappa shape index (κ3) is 47.0. The van der Waals surface area contributed by atoms with Gasteiger partial charge >= 0.3 is 19.8 Å². The van der Waals surface area contributed by atoms with E-state index >= 15 is 0 Å². The van der Waals surface area contributed by atoms with Crippen LogP contribution in [0.4, 0.5) is 0 Å². The van der Waals surface area contributed by atoms with Gasteiger partial charge in [0.15, 0.2) is 6.10 Å². The molecule has 11 heteroatoms. The van der Waals surface area contributed by atoms with Crippen molar-refractivity contribution < 1.29 is 47.2 Å². The van der Waals surface area contributed by atoms with Crippen molar-refractivity contribution in [3.8, 4) is 0 Å².